The lowest BCUT2D eigenvalue weighted by atomic mass is 10.1. The molecule has 1 aromatic rings. The number of hydrogen-bond acceptors (Lipinski definition) is 3. The van der Waals surface area contributed by atoms with Crippen LogP contribution in [0.15, 0.2) is 18.3 Å². The third kappa shape index (κ3) is 5.05. The van der Waals surface area contributed by atoms with Crippen LogP contribution in [0, 0.1) is 6.92 Å². The summed E-state index contributed by atoms with van der Waals surface area (Å²) in [5, 5.41) is 3.05. The number of rotatable bonds is 6. The van der Waals surface area contributed by atoms with E-state index in [0.717, 1.165) is 43.5 Å². The predicted molar refractivity (Wildman–Crippen MR) is 89.8 cm³/mol. The summed E-state index contributed by atoms with van der Waals surface area (Å²) < 4.78 is 0. The summed E-state index contributed by atoms with van der Waals surface area (Å²) in [6.45, 7) is 5.34. The maximum atomic E-state index is 12.3. The number of carbonyl (C=O) groups excluding carboxylic acids is 2. The van der Waals surface area contributed by atoms with Gasteiger partial charge < -0.3 is 10.2 Å². The molecule has 0 saturated carbocycles. The molecule has 1 aliphatic rings. The van der Waals surface area contributed by atoms with Crippen LogP contribution in [0.2, 0.25) is 0 Å². The molecule has 5 nitrogen and oxygen atoms in total. The van der Waals surface area contributed by atoms with Crippen LogP contribution in [0.1, 0.15) is 62.7 Å². The molecular weight excluding hydrogens is 290 g/mol. The van der Waals surface area contributed by atoms with Gasteiger partial charge in [0.05, 0.1) is 11.7 Å². The minimum absolute atomic E-state index is 0.0149. The van der Waals surface area contributed by atoms with E-state index in [-0.39, 0.29) is 17.9 Å². The van der Waals surface area contributed by atoms with Crippen molar-refractivity contribution in [3.05, 3.63) is 29.6 Å². The van der Waals surface area contributed by atoms with E-state index in [1.54, 1.807) is 6.20 Å². The fourth-order valence-corrected chi connectivity index (χ4v) is 3.00. The van der Waals surface area contributed by atoms with Crippen molar-refractivity contribution in [2.24, 2.45) is 0 Å². The van der Waals surface area contributed by atoms with E-state index in [1.165, 1.54) is 0 Å². The lowest BCUT2D eigenvalue weighted by Gasteiger charge is -2.22. The summed E-state index contributed by atoms with van der Waals surface area (Å²) in [5.74, 6) is 0.168. The van der Waals surface area contributed by atoms with Gasteiger partial charge in [-0.2, -0.15) is 0 Å². The van der Waals surface area contributed by atoms with Crippen molar-refractivity contribution in [1.29, 1.82) is 0 Å². The number of aromatic nitrogens is 1. The molecule has 0 aromatic carbocycles. The number of hydrogen-bond donors (Lipinski definition) is 1. The SMILES string of the molecule is CCC(NC(=O)CCN1CCCCCC1=O)c1ncccc1C. The Hall–Kier alpha value is -1.91. The van der Waals surface area contributed by atoms with Crippen LogP contribution in [0.25, 0.3) is 0 Å². The van der Waals surface area contributed by atoms with Crippen LogP contribution >= 0.6 is 0 Å². The number of pyridine rings is 1. The molecule has 2 heterocycles. The molecule has 1 N–H and O–H groups in total. The number of carbonyl (C=O) groups is 2. The second-order valence-electron chi connectivity index (χ2n) is 6.18. The van der Waals surface area contributed by atoms with Crippen molar-refractivity contribution in [2.75, 3.05) is 13.1 Å². The molecule has 2 rings (SSSR count). The molecular formula is C18H27N3O2. The van der Waals surface area contributed by atoms with E-state index >= 15 is 0 Å². The molecule has 1 saturated heterocycles. The van der Waals surface area contributed by atoms with Gasteiger partial charge in [-0.3, -0.25) is 14.6 Å². The highest BCUT2D eigenvalue weighted by Gasteiger charge is 2.19. The molecule has 1 unspecified atom stereocenters. The van der Waals surface area contributed by atoms with Gasteiger partial charge in [0.15, 0.2) is 0 Å². The molecule has 1 fully saturated rings. The van der Waals surface area contributed by atoms with E-state index in [4.69, 9.17) is 0 Å². The van der Waals surface area contributed by atoms with Gasteiger partial charge in [0.2, 0.25) is 11.8 Å². The van der Waals surface area contributed by atoms with E-state index in [0.29, 0.717) is 19.4 Å². The Bertz CT molecular complexity index is 545. The second-order valence-corrected chi connectivity index (χ2v) is 6.18. The predicted octanol–water partition coefficient (Wildman–Crippen LogP) is 2.75. The van der Waals surface area contributed by atoms with Gasteiger partial charge >= 0.3 is 0 Å². The number of amides is 2. The molecule has 126 valence electrons. The highest BCUT2D eigenvalue weighted by atomic mass is 16.2. The molecule has 0 radical (unpaired) electrons. The number of nitrogens with zero attached hydrogens (tertiary/aromatic N) is 2. The normalized spacial score (nSPS) is 16.8. The Balaban J connectivity index is 1.88. The van der Waals surface area contributed by atoms with Crippen LogP contribution < -0.4 is 5.32 Å². The van der Waals surface area contributed by atoms with E-state index < -0.39 is 0 Å². The highest BCUT2D eigenvalue weighted by molar-refractivity contribution is 5.79. The van der Waals surface area contributed by atoms with Crippen LogP contribution in [-0.2, 0) is 9.59 Å². The largest absolute Gasteiger partial charge is 0.348 e. The lowest BCUT2D eigenvalue weighted by molar-refractivity contribution is -0.131. The summed E-state index contributed by atoms with van der Waals surface area (Å²) >= 11 is 0. The molecule has 23 heavy (non-hydrogen) atoms. The first-order chi connectivity index (χ1) is 11.1. The Kier molecular flexibility index (Phi) is 6.56. The van der Waals surface area contributed by atoms with Crippen molar-refractivity contribution in [3.8, 4) is 0 Å². The molecule has 1 aromatic heterocycles. The monoisotopic (exact) mass is 317 g/mol. The van der Waals surface area contributed by atoms with Crippen molar-refractivity contribution in [1.82, 2.24) is 15.2 Å². The quantitative estimate of drug-likeness (QED) is 0.877. The first-order valence-corrected chi connectivity index (χ1v) is 8.60. The third-order valence-corrected chi connectivity index (χ3v) is 4.40. The first-order valence-electron chi connectivity index (χ1n) is 8.60. The summed E-state index contributed by atoms with van der Waals surface area (Å²) in [6.07, 6.45) is 6.64. The minimum Gasteiger partial charge on any atom is -0.348 e. The summed E-state index contributed by atoms with van der Waals surface area (Å²) in [5.41, 5.74) is 2.01. The topological polar surface area (TPSA) is 62.3 Å². The van der Waals surface area contributed by atoms with E-state index in [1.807, 2.05) is 30.9 Å². The first kappa shape index (κ1) is 17.4. The lowest BCUT2D eigenvalue weighted by Crippen LogP contribution is -2.36. The van der Waals surface area contributed by atoms with Crippen LogP contribution in [0.3, 0.4) is 0 Å². The summed E-state index contributed by atoms with van der Waals surface area (Å²) in [6, 6.07) is 3.84. The number of nitrogens with one attached hydrogen (secondary N) is 1. The van der Waals surface area contributed by atoms with Gasteiger partial charge in [-0.05, 0) is 37.8 Å². The third-order valence-electron chi connectivity index (χ3n) is 4.40. The molecule has 1 atom stereocenters. The fourth-order valence-electron chi connectivity index (χ4n) is 3.00. The van der Waals surface area contributed by atoms with Crippen LogP contribution in [-0.4, -0.2) is 34.8 Å². The van der Waals surface area contributed by atoms with Gasteiger partial charge in [-0.15, -0.1) is 0 Å². The molecule has 0 bridgehead atoms. The highest BCUT2D eigenvalue weighted by Crippen LogP contribution is 2.18. The van der Waals surface area contributed by atoms with Gasteiger partial charge in [0, 0.05) is 32.1 Å². The smallest absolute Gasteiger partial charge is 0.222 e. The van der Waals surface area contributed by atoms with Crippen LogP contribution in [0.5, 0.6) is 0 Å². The van der Waals surface area contributed by atoms with E-state index in [2.05, 4.69) is 10.3 Å². The minimum atomic E-state index is -0.0662. The van der Waals surface area contributed by atoms with Gasteiger partial charge in [-0.1, -0.05) is 19.4 Å². The molecule has 5 heteroatoms. The Labute approximate surface area is 138 Å². The van der Waals surface area contributed by atoms with Crippen molar-refractivity contribution >= 4 is 11.8 Å². The maximum Gasteiger partial charge on any atom is 0.222 e. The van der Waals surface area contributed by atoms with Gasteiger partial charge in [0.1, 0.15) is 0 Å². The maximum absolute atomic E-state index is 12.3. The fraction of sp³-hybridized carbons (Fsp3) is 0.611. The molecule has 1 aliphatic heterocycles. The molecule has 0 aliphatic carbocycles. The Morgan fingerprint density at radius 3 is 2.96 bits per heavy atom. The number of aryl methyl sites for hydroxylation is 1. The molecule has 2 amide bonds. The zero-order valence-electron chi connectivity index (χ0n) is 14.2. The average Bonchev–Trinajstić information content (AvgIpc) is 2.76. The zero-order chi connectivity index (χ0) is 16.7. The van der Waals surface area contributed by atoms with Crippen molar-refractivity contribution in [3.63, 3.8) is 0 Å². The molecule has 0 spiro atoms. The zero-order valence-corrected chi connectivity index (χ0v) is 14.2. The van der Waals surface area contributed by atoms with Gasteiger partial charge in [-0.25, -0.2) is 0 Å². The summed E-state index contributed by atoms with van der Waals surface area (Å²) in [4.78, 5) is 30.4. The summed E-state index contributed by atoms with van der Waals surface area (Å²) in [7, 11) is 0. The van der Waals surface area contributed by atoms with Crippen LogP contribution in [0.4, 0.5) is 0 Å². The number of likely N-dealkylation sites (tertiary alicyclic amines) is 1. The standard InChI is InChI=1S/C18H27N3O2/c1-3-15(18-14(2)8-7-11-19-18)20-16(22)10-13-21-12-6-4-5-9-17(21)23/h7-8,11,15H,3-6,9-10,12-13H2,1-2H3,(H,20,22). The Morgan fingerprint density at radius 2 is 2.22 bits per heavy atom. The average molecular weight is 317 g/mol. The van der Waals surface area contributed by atoms with Gasteiger partial charge in [0.25, 0.3) is 0 Å². The Morgan fingerprint density at radius 1 is 1.39 bits per heavy atom. The van der Waals surface area contributed by atoms with E-state index in [9.17, 15) is 9.59 Å². The van der Waals surface area contributed by atoms with Crippen molar-refractivity contribution < 1.29 is 9.59 Å². The second kappa shape index (κ2) is 8.65. The van der Waals surface area contributed by atoms with Crippen molar-refractivity contribution in [2.45, 2.75) is 58.4 Å².